The van der Waals surface area contributed by atoms with E-state index in [0.717, 1.165) is 36.8 Å². The lowest BCUT2D eigenvalue weighted by atomic mass is 9.75. The summed E-state index contributed by atoms with van der Waals surface area (Å²) in [4.78, 5) is 24.7. The van der Waals surface area contributed by atoms with Crippen LogP contribution in [0.25, 0.3) is 0 Å². The van der Waals surface area contributed by atoms with E-state index in [0.29, 0.717) is 0 Å². The molecule has 1 aromatic rings. The van der Waals surface area contributed by atoms with Gasteiger partial charge < -0.3 is 20.7 Å². The molecule has 0 radical (unpaired) electrons. The van der Waals surface area contributed by atoms with Crippen molar-refractivity contribution < 1.29 is 19.6 Å². The molecule has 0 aliphatic heterocycles. The lowest BCUT2D eigenvalue weighted by molar-refractivity contribution is -0.135. The summed E-state index contributed by atoms with van der Waals surface area (Å²) in [5.41, 5.74) is 1.99. The van der Waals surface area contributed by atoms with Crippen molar-refractivity contribution in [2.24, 2.45) is 5.92 Å². The zero-order chi connectivity index (χ0) is 19.1. The van der Waals surface area contributed by atoms with Gasteiger partial charge in [0, 0.05) is 6.04 Å². The number of hydrogen-bond donors (Lipinski definition) is 4. The lowest BCUT2D eigenvalue weighted by Crippen LogP contribution is -2.52. The molecule has 1 saturated carbocycles. The van der Waals surface area contributed by atoms with E-state index in [1.54, 1.807) is 6.92 Å². The third-order valence-electron chi connectivity index (χ3n) is 5.00. The first-order valence-corrected chi connectivity index (χ1v) is 9.39. The van der Waals surface area contributed by atoms with Gasteiger partial charge in [-0.15, -0.1) is 0 Å². The second-order valence-corrected chi connectivity index (χ2v) is 7.28. The van der Waals surface area contributed by atoms with Gasteiger partial charge in [0.1, 0.15) is 5.92 Å². The van der Waals surface area contributed by atoms with Gasteiger partial charge in [0.25, 0.3) is 0 Å². The largest absolute Gasteiger partial charge is 0.475 e. The quantitative estimate of drug-likeness (QED) is 0.433. The molecule has 0 spiro atoms. The summed E-state index contributed by atoms with van der Waals surface area (Å²) in [5.74, 6) is -2.55. The standard InChI is InChI=1S/C19H29BN2O4/c1-13-8-10-15(11-9-13)12-17(20(25)26)22-19(24)14(2)18(23)21-16-6-4-3-5-7-16/h8-11,14,16-17,25-26H,3-7,12H2,1-2H3,(H,21,23)(H,22,24)/t14?,17-/m0/s1. The van der Waals surface area contributed by atoms with Gasteiger partial charge in [0.2, 0.25) is 11.8 Å². The highest BCUT2D eigenvalue weighted by Gasteiger charge is 2.30. The van der Waals surface area contributed by atoms with E-state index in [1.165, 1.54) is 6.42 Å². The summed E-state index contributed by atoms with van der Waals surface area (Å²) < 4.78 is 0. The SMILES string of the molecule is Cc1ccc(C[C@H](NC(=O)C(C)C(=O)NC2CCCCC2)B(O)O)cc1. The molecule has 2 amide bonds. The average Bonchev–Trinajstić information content (AvgIpc) is 2.62. The van der Waals surface area contributed by atoms with Gasteiger partial charge in [0.05, 0.1) is 5.94 Å². The predicted octanol–water partition coefficient (Wildman–Crippen LogP) is 1.12. The summed E-state index contributed by atoms with van der Waals surface area (Å²) in [7, 11) is -1.70. The van der Waals surface area contributed by atoms with Gasteiger partial charge >= 0.3 is 7.12 Å². The molecule has 142 valence electrons. The molecule has 1 aromatic carbocycles. The first kappa shape index (κ1) is 20.5. The van der Waals surface area contributed by atoms with Gasteiger partial charge in [-0.1, -0.05) is 49.1 Å². The Bertz CT molecular complexity index is 600. The molecule has 4 N–H and O–H groups in total. The van der Waals surface area contributed by atoms with Crippen molar-refractivity contribution in [2.45, 2.75) is 64.4 Å². The van der Waals surface area contributed by atoms with Gasteiger partial charge in [-0.3, -0.25) is 9.59 Å². The van der Waals surface area contributed by atoms with Crippen LogP contribution in [-0.2, 0) is 16.0 Å². The van der Waals surface area contributed by atoms with E-state index in [1.807, 2.05) is 31.2 Å². The van der Waals surface area contributed by atoms with E-state index in [2.05, 4.69) is 10.6 Å². The minimum Gasteiger partial charge on any atom is -0.426 e. The Morgan fingerprint density at radius 3 is 2.31 bits per heavy atom. The number of rotatable bonds is 7. The molecule has 2 rings (SSSR count). The fourth-order valence-electron chi connectivity index (χ4n) is 3.21. The highest BCUT2D eigenvalue weighted by Crippen LogP contribution is 2.18. The Hall–Kier alpha value is -1.86. The van der Waals surface area contributed by atoms with Crippen molar-refractivity contribution in [3.63, 3.8) is 0 Å². The molecule has 26 heavy (non-hydrogen) atoms. The van der Waals surface area contributed by atoms with E-state index < -0.39 is 24.9 Å². The molecule has 0 bridgehead atoms. The number of aryl methyl sites for hydroxylation is 1. The first-order valence-electron chi connectivity index (χ1n) is 9.39. The fraction of sp³-hybridized carbons (Fsp3) is 0.579. The summed E-state index contributed by atoms with van der Waals surface area (Å²) in [6.07, 6.45) is 5.57. The highest BCUT2D eigenvalue weighted by molar-refractivity contribution is 6.43. The maximum absolute atomic E-state index is 12.4. The Morgan fingerprint density at radius 1 is 1.12 bits per heavy atom. The monoisotopic (exact) mass is 360 g/mol. The molecule has 2 atom stereocenters. The summed E-state index contributed by atoms with van der Waals surface area (Å²) >= 11 is 0. The normalized spacial score (nSPS) is 17.2. The fourth-order valence-corrected chi connectivity index (χ4v) is 3.21. The van der Waals surface area contributed by atoms with Crippen LogP contribution >= 0.6 is 0 Å². The smallest absolute Gasteiger partial charge is 0.426 e. The van der Waals surface area contributed by atoms with E-state index in [9.17, 15) is 19.6 Å². The van der Waals surface area contributed by atoms with Crippen LogP contribution < -0.4 is 10.6 Å². The lowest BCUT2D eigenvalue weighted by Gasteiger charge is -2.25. The van der Waals surface area contributed by atoms with Gasteiger partial charge in [-0.2, -0.15) is 0 Å². The molecule has 0 aromatic heterocycles. The van der Waals surface area contributed by atoms with Crippen molar-refractivity contribution in [1.82, 2.24) is 10.6 Å². The maximum atomic E-state index is 12.4. The summed E-state index contributed by atoms with van der Waals surface area (Å²) in [6, 6.07) is 7.76. The molecular formula is C19H29BN2O4. The van der Waals surface area contributed by atoms with Gasteiger partial charge in [0.15, 0.2) is 0 Å². The number of benzene rings is 1. The Kier molecular flexibility index (Phi) is 7.66. The van der Waals surface area contributed by atoms with E-state index in [-0.39, 0.29) is 18.4 Å². The summed E-state index contributed by atoms with van der Waals surface area (Å²) in [5, 5.41) is 24.7. The molecular weight excluding hydrogens is 331 g/mol. The minimum atomic E-state index is -1.70. The molecule has 7 heteroatoms. The first-order chi connectivity index (χ1) is 12.4. The second kappa shape index (κ2) is 9.74. The number of carbonyl (C=O) groups is 2. The number of carbonyl (C=O) groups excluding carboxylic acids is 2. The van der Waals surface area contributed by atoms with Crippen molar-refractivity contribution >= 4 is 18.9 Å². The molecule has 1 aliphatic rings. The number of amides is 2. The van der Waals surface area contributed by atoms with Gasteiger partial charge in [-0.25, -0.2) is 0 Å². The van der Waals surface area contributed by atoms with Crippen LogP contribution in [0.4, 0.5) is 0 Å². The van der Waals surface area contributed by atoms with Crippen LogP contribution in [0.1, 0.15) is 50.2 Å². The van der Waals surface area contributed by atoms with E-state index in [4.69, 9.17) is 0 Å². The Labute approximate surface area is 155 Å². The van der Waals surface area contributed by atoms with Crippen LogP contribution in [0.3, 0.4) is 0 Å². The zero-order valence-electron chi connectivity index (χ0n) is 15.6. The average molecular weight is 360 g/mol. The third-order valence-corrected chi connectivity index (χ3v) is 5.00. The Balaban J connectivity index is 1.90. The molecule has 0 heterocycles. The van der Waals surface area contributed by atoms with Crippen molar-refractivity contribution in [3.05, 3.63) is 35.4 Å². The molecule has 1 fully saturated rings. The maximum Gasteiger partial charge on any atom is 0.475 e. The zero-order valence-corrected chi connectivity index (χ0v) is 15.6. The van der Waals surface area contributed by atoms with Crippen LogP contribution in [0, 0.1) is 12.8 Å². The van der Waals surface area contributed by atoms with E-state index >= 15 is 0 Å². The van der Waals surface area contributed by atoms with Crippen LogP contribution in [-0.4, -0.2) is 41.0 Å². The molecule has 0 saturated heterocycles. The molecule has 6 nitrogen and oxygen atoms in total. The van der Waals surface area contributed by atoms with Crippen LogP contribution in [0.2, 0.25) is 0 Å². The third kappa shape index (κ3) is 6.14. The molecule has 1 aliphatic carbocycles. The van der Waals surface area contributed by atoms with Crippen LogP contribution in [0.15, 0.2) is 24.3 Å². The van der Waals surface area contributed by atoms with Crippen LogP contribution in [0.5, 0.6) is 0 Å². The van der Waals surface area contributed by atoms with Crippen molar-refractivity contribution in [1.29, 1.82) is 0 Å². The highest BCUT2D eigenvalue weighted by atomic mass is 16.4. The number of nitrogens with one attached hydrogen (secondary N) is 2. The van der Waals surface area contributed by atoms with Gasteiger partial charge in [-0.05, 0) is 38.7 Å². The minimum absolute atomic E-state index is 0.137. The Morgan fingerprint density at radius 2 is 1.73 bits per heavy atom. The summed E-state index contributed by atoms with van der Waals surface area (Å²) in [6.45, 7) is 3.51. The predicted molar refractivity (Wildman–Crippen MR) is 101 cm³/mol. The second-order valence-electron chi connectivity index (χ2n) is 7.28. The topological polar surface area (TPSA) is 98.7 Å². The van der Waals surface area contributed by atoms with Crippen molar-refractivity contribution in [2.75, 3.05) is 0 Å². The number of hydrogen-bond acceptors (Lipinski definition) is 4. The van der Waals surface area contributed by atoms with Crippen molar-refractivity contribution in [3.8, 4) is 0 Å². The molecule has 1 unspecified atom stereocenters.